The lowest BCUT2D eigenvalue weighted by Gasteiger charge is -2.34. The molecule has 4 rings (SSSR count). The fourth-order valence-electron chi connectivity index (χ4n) is 3.39. The van der Waals surface area contributed by atoms with Gasteiger partial charge in [-0.1, -0.05) is 24.3 Å². The van der Waals surface area contributed by atoms with Gasteiger partial charge in [0.25, 0.3) is 5.91 Å². The van der Waals surface area contributed by atoms with Crippen LogP contribution in [0.4, 0.5) is 0 Å². The van der Waals surface area contributed by atoms with Crippen molar-refractivity contribution in [1.29, 1.82) is 0 Å². The molecule has 0 N–H and O–H groups in total. The third-order valence-electron chi connectivity index (χ3n) is 4.84. The largest absolute Gasteiger partial charge is 0.336 e. The average Bonchev–Trinajstić information content (AvgIpc) is 3.33. The molecular weight excluding hydrogens is 344 g/mol. The normalized spacial score (nSPS) is 15.3. The van der Waals surface area contributed by atoms with Gasteiger partial charge >= 0.3 is 0 Å². The molecule has 1 saturated heterocycles. The van der Waals surface area contributed by atoms with E-state index in [0.717, 1.165) is 49.7 Å². The zero-order valence-electron chi connectivity index (χ0n) is 14.8. The summed E-state index contributed by atoms with van der Waals surface area (Å²) in [6.45, 7) is 4.32. The lowest BCUT2D eigenvalue weighted by molar-refractivity contribution is 0.0630. The second kappa shape index (κ2) is 7.43. The molecule has 26 heavy (non-hydrogen) atoms. The highest BCUT2D eigenvalue weighted by Gasteiger charge is 2.24. The molecule has 1 aliphatic heterocycles. The van der Waals surface area contributed by atoms with Crippen LogP contribution in [0.2, 0.25) is 0 Å². The number of hydrogen-bond acceptors (Lipinski definition) is 4. The number of carbonyl (C=O) groups excluding carboxylic acids is 1. The van der Waals surface area contributed by atoms with Crippen LogP contribution in [0.1, 0.15) is 15.2 Å². The van der Waals surface area contributed by atoms with Crippen molar-refractivity contribution in [3.63, 3.8) is 0 Å². The number of rotatable bonds is 4. The molecule has 1 aliphatic rings. The minimum Gasteiger partial charge on any atom is -0.336 e. The van der Waals surface area contributed by atoms with E-state index in [0.29, 0.717) is 0 Å². The number of carbonyl (C=O) groups is 1. The highest BCUT2D eigenvalue weighted by molar-refractivity contribution is 7.09. The van der Waals surface area contributed by atoms with E-state index < -0.39 is 0 Å². The Hall–Kier alpha value is -2.44. The van der Waals surface area contributed by atoms with Gasteiger partial charge in [-0.2, -0.15) is 0 Å². The summed E-state index contributed by atoms with van der Waals surface area (Å²) in [7, 11) is 1.95. The van der Waals surface area contributed by atoms with Crippen LogP contribution in [0, 0.1) is 0 Å². The Morgan fingerprint density at radius 2 is 1.92 bits per heavy atom. The van der Waals surface area contributed by atoms with Gasteiger partial charge in [0.2, 0.25) is 0 Å². The smallest absolute Gasteiger partial charge is 0.254 e. The van der Waals surface area contributed by atoms with Gasteiger partial charge in [0.05, 0.1) is 5.56 Å². The Labute approximate surface area is 157 Å². The highest BCUT2D eigenvalue weighted by atomic mass is 32.1. The van der Waals surface area contributed by atoms with Crippen molar-refractivity contribution < 1.29 is 4.79 Å². The fraction of sp³-hybridized carbons (Fsp3) is 0.300. The van der Waals surface area contributed by atoms with Gasteiger partial charge in [0, 0.05) is 62.6 Å². The monoisotopic (exact) mass is 366 g/mol. The van der Waals surface area contributed by atoms with Crippen molar-refractivity contribution in [1.82, 2.24) is 19.4 Å². The molecule has 5 nitrogen and oxygen atoms in total. The van der Waals surface area contributed by atoms with Crippen molar-refractivity contribution in [2.45, 2.75) is 6.54 Å². The Kier molecular flexibility index (Phi) is 4.86. The molecule has 0 bridgehead atoms. The van der Waals surface area contributed by atoms with Gasteiger partial charge in [-0.3, -0.25) is 9.69 Å². The number of aryl methyl sites for hydroxylation is 1. The summed E-state index contributed by atoms with van der Waals surface area (Å²) in [5.74, 6) is 0.921. The van der Waals surface area contributed by atoms with E-state index in [-0.39, 0.29) is 5.91 Å². The topological polar surface area (TPSA) is 41.4 Å². The summed E-state index contributed by atoms with van der Waals surface area (Å²) >= 11 is 1.79. The number of benzene rings is 1. The summed E-state index contributed by atoms with van der Waals surface area (Å²) in [6, 6.07) is 12.0. The van der Waals surface area contributed by atoms with Gasteiger partial charge in [0.1, 0.15) is 5.82 Å². The molecule has 1 fully saturated rings. The maximum Gasteiger partial charge on any atom is 0.254 e. The second-order valence-corrected chi connectivity index (χ2v) is 7.59. The number of imidazole rings is 1. The number of amides is 1. The Bertz CT molecular complexity index is 879. The van der Waals surface area contributed by atoms with E-state index in [1.165, 1.54) is 4.88 Å². The molecule has 6 heteroatoms. The summed E-state index contributed by atoms with van der Waals surface area (Å²) in [4.78, 5) is 23.3. The first-order valence-corrected chi connectivity index (χ1v) is 9.71. The summed E-state index contributed by atoms with van der Waals surface area (Å²) in [5, 5.41) is 2.11. The van der Waals surface area contributed by atoms with Crippen LogP contribution in [-0.4, -0.2) is 51.4 Å². The van der Waals surface area contributed by atoms with Gasteiger partial charge in [-0.05, 0) is 17.5 Å². The van der Waals surface area contributed by atoms with Crippen LogP contribution >= 0.6 is 11.3 Å². The van der Waals surface area contributed by atoms with Crippen molar-refractivity contribution in [2.24, 2.45) is 7.05 Å². The molecule has 0 spiro atoms. The van der Waals surface area contributed by atoms with E-state index in [2.05, 4.69) is 27.4 Å². The van der Waals surface area contributed by atoms with Crippen LogP contribution in [0.15, 0.2) is 54.2 Å². The van der Waals surface area contributed by atoms with E-state index >= 15 is 0 Å². The van der Waals surface area contributed by atoms with Gasteiger partial charge < -0.3 is 9.47 Å². The van der Waals surface area contributed by atoms with Crippen LogP contribution < -0.4 is 0 Å². The minimum atomic E-state index is 0.0966. The molecule has 3 aromatic rings. The van der Waals surface area contributed by atoms with E-state index in [1.807, 2.05) is 47.0 Å². The maximum absolute atomic E-state index is 13.1. The van der Waals surface area contributed by atoms with Crippen molar-refractivity contribution >= 4 is 17.2 Å². The van der Waals surface area contributed by atoms with Crippen LogP contribution in [0.5, 0.6) is 0 Å². The van der Waals surface area contributed by atoms with Gasteiger partial charge in [-0.15, -0.1) is 11.3 Å². The Morgan fingerprint density at radius 3 is 2.62 bits per heavy atom. The second-order valence-electron chi connectivity index (χ2n) is 6.56. The zero-order valence-corrected chi connectivity index (χ0v) is 15.7. The van der Waals surface area contributed by atoms with Crippen molar-refractivity contribution in [3.05, 3.63) is 64.6 Å². The number of piperazine rings is 1. The summed E-state index contributed by atoms with van der Waals surface area (Å²) < 4.78 is 1.95. The predicted molar refractivity (Wildman–Crippen MR) is 104 cm³/mol. The highest BCUT2D eigenvalue weighted by Crippen LogP contribution is 2.23. The van der Waals surface area contributed by atoms with Crippen LogP contribution in [-0.2, 0) is 13.6 Å². The molecule has 2 aromatic heterocycles. The molecule has 0 radical (unpaired) electrons. The van der Waals surface area contributed by atoms with Gasteiger partial charge in [-0.25, -0.2) is 4.98 Å². The van der Waals surface area contributed by atoms with E-state index in [4.69, 9.17) is 0 Å². The Morgan fingerprint density at radius 1 is 1.12 bits per heavy atom. The number of aromatic nitrogens is 2. The molecule has 0 saturated carbocycles. The number of nitrogens with zero attached hydrogens (tertiary/aromatic N) is 4. The third-order valence-corrected chi connectivity index (χ3v) is 5.70. The molecule has 0 unspecified atom stereocenters. The SMILES string of the molecule is Cn1ccnc1-c1ccccc1C(=O)N1CCN(Cc2cccs2)CC1. The molecule has 1 aromatic carbocycles. The molecule has 1 amide bonds. The van der Waals surface area contributed by atoms with E-state index in [9.17, 15) is 4.79 Å². The fourth-order valence-corrected chi connectivity index (χ4v) is 4.14. The standard InChI is InChI=1S/C20H22N4OS/c1-22-9-8-21-19(22)17-6-2-3-7-18(17)20(25)24-12-10-23(11-13-24)15-16-5-4-14-26-16/h2-9,14H,10-13,15H2,1H3. The number of thiophene rings is 1. The molecule has 0 aliphatic carbocycles. The average molecular weight is 366 g/mol. The summed E-state index contributed by atoms with van der Waals surface area (Å²) in [5.41, 5.74) is 1.62. The zero-order chi connectivity index (χ0) is 17.9. The molecule has 3 heterocycles. The first kappa shape index (κ1) is 17.0. The van der Waals surface area contributed by atoms with Crippen LogP contribution in [0.25, 0.3) is 11.4 Å². The summed E-state index contributed by atoms with van der Waals surface area (Å²) in [6.07, 6.45) is 3.67. The first-order chi connectivity index (χ1) is 12.7. The van der Waals surface area contributed by atoms with Gasteiger partial charge in [0.15, 0.2) is 0 Å². The van der Waals surface area contributed by atoms with Crippen LogP contribution in [0.3, 0.4) is 0 Å². The third kappa shape index (κ3) is 3.43. The predicted octanol–water partition coefficient (Wildman–Crippen LogP) is 3.11. The van der Waals surface area contributed by atoms with E-state index in [1.54, 1.807) is 17.5 Å². The lowest BCUT2D eigenvalue weighted by Crippen LogP contribution is -2.48. The molecule has 134 valence electrons. The van der Waals surface area contributed by atoms with Crippen molar-refractivity contribution in [3.8, 4) is 11.4 Å². The Balaban J connectivity index is 1.47. The van der Waals surface area contributed by atoms with Crippen molar-refractivity contribution in [2.75, 3.05) is 26.2 Å². The molecular formula is C20H22N4OS. The minimum absolute atomic E-state index is 0.0966. The first-order valence-electron chi connectivity index (χ1n) is 8.83. The quantitative estimate of drug-likeness (QED) is 0.712. The molecule has 0 atom stereocenters. The lowest BCUT2D eigenvalue weighted by atomic mass is 10.0. The maximum atomic E-state index is 13.1. The number of hydrogen-bond donors (Lipinski definition) is 0.